The van der Waals surface area contributed by atoms with Crippen molar-refractivity contribution < 1.29 is 19.5 Å². The standard InChI is InChI=1S/C13H15NO4S/c1-13(2)5-9(15)14(10(16)6-13)7-8-3-4-19-11(8)12(17)18/h3-4H,5-7H2,1-2H3,(H,17,18). The molecule has 1 aliphatic rings. The maximum absolute atomic E-state index is 12.0. The number of rotatable bonds is 3. The van der Waals surface area contributed by atoms with Crippen LogP contribution in [0.4, 0.5) is 0 Å². The summed E-state index contributed by atoms with van der Waals surface area (Å²) in [5, 5.41) is 10.7. The fourth-order valence-corrected chi connectivity index (χ4v) is 2.96. The second-order valence-corrected chi connectivity index (χ2v) is 6.39. The number of carbonyl (C=O) groups excluding carboxylic acids is 2. The van der Waals surface area contributed by atoms with Gasteiger partial charge in [-0.15, -0.1) is 11.3 Å². The molecule has 0 spiro atoms. The van der Waals surface area contributed by atoms with Gasteiger partial charge in [0.2, 0.25) is 11.8 Å². The number of piperidine rings is 1. The second-order valence-electron chi connectivity index (χ2n) is 5.47. The van der Waals surface area contributed by atoms with Crippen LogP contribution in [-0.2, 0) is 16.1 Å². The molecule has 0 saturated carbocycles. The molecule has 0 aliphatic carbocycles. The van der Waals surface area contributed by atoms with Crippen LogP contribution < -0.4 is 0 Å². The van der Waals surface area contributed by atoms with Gasteiger partial charge in [-0.2, -0.15) is 0 Å². The molecule has 1 saturated heterocycles. The zero-order valence-corrected chi connectivity index (χ0v) is 11.6. The van der Waals surface area contributed by atoms with Crippen LogP contribution in [0.1, 0.15) is 41.9 Å². The van der Waals surface area contributed by atoms with E-state index in [4.69, 9.17) is 5.11 Å². The van der Waals surface area contributed by atoms with Crippen LogP contribution in [0.3, 0.4) is 0 Å². The Hall–Kier alpha value is -1.69. The number of hydrogen-bond donors (Lipinski definition) is 1. The second kappa shape index (κ2) is 4.77. The first-order valence-corrected chi connectivity index (χ1v) is 6.81. The maximum atomic E-state index is 12.0. The Kier molecular flexibility index (Phi) is 3.45. The fraction of sp³-hybridized carbons (Fsp3) is 0.462. The third kappa shape index (κ3) is 2.84. The van der Waals surface area contributed by atoms with E-state index >= 15 is 0 Å². The van der Waals surface area contributed by atoms with Crippen molar-refractivity contribution >= 4 is 29.1 Å². The Morgan fingerprint density at radius 1 is 1.37 bits per heavy atom. The molecule has 0 atom stereocenters. The Bertz CT molecular complexity index is 527. The minimum Gasteiger partial charge on any atom is -0.477 e. The van der Waals surface area contributed by atoms with E-state index in [1.165, 1.54) is 4.90 Å². The summed E-state index contributed by atoms with van der Waals surface area (Å²) in [6.07, 6.45) is 0.622. The number of carboxylic acids is 1. The molecule has 19 heavy (non-hydrogen) atoms. The van der Waals surface area contributed by atoms with E-state index in [1.54, 1.807) is 11.4 Å². The minimum absolute atomic E-state index is 0.0544. The smallest absolute Gasteiger partial charge is 0.346 e. The summed E-state index contributed by atoms with van der Waals surface area (Å²) < 4.78 is 0. The average molecular weight is 281 g/mol. The molecule has 0 unspecified atom stereocenters. The van der Waals surface area contributed by atoms with Gasteiger partial charge in [-0.25, -0.2) is 4.79 Å². The molecule has 1 aromatic rings. The van der Waals surface area contributed by atoms with Gasteiger partial charge in [-0.1, -0.05) is 13.8 Å². The van der Waals surface area contributed by atoms with E-state index in [0.29, 0.717) is 18.4 Å². The van der Waals surface area contributed by atoms with Crippen molar-refractivity contribution in [3.8, 4) is 0 Å². The highest BCUT2D eigenvalue weighted by atomic mass is 32.1. The molecule has 0 radical (unpaired) electrons. The van der Waals surface area contributed by atoms with E-state index in [-0.39, 0.29) is 28.7 Å². The molecule has 6 heteroatoms. The molecule has 1 aromatic heterocycles. The van der Waals surface area contributed by atoms with Crippen LogP contribution in [0.5, 0.6) is 0 Å². The van der Waals surface area contributed by atoms with Crippen LogP contribution in [0, 0.1) is 5.41 Å². The third-order valence-electron chi connectivity index (χ3n) is 3.13. The molecule has 1 aliphatic heterocycles. The molecule has 102 valence electrons. The van der Waals surface area contributed by atoms with Gasteiger partial charge in [0, 0.05) is 12.8 Å². The first-order valence-electron chi connectivity index (χ1n) is 5.93. The molecule has 1 fully saturated rings. The third-order valence-corrected chi connectivity index (χ3v) is 4.08. The molecular weight excluding hydrogens is 266 g/mol. The lowest BCUT2D eigenvalue weighted by atomic mass is 9.81. The Morgan fingerprint density at radius 2 is 1.95 bits per heavy atom. The molecule has 5 nitrogen and oxygen atoms in total. The largest absolute Gasteiger partial charge is 0.477 e. The van der Waals surface area contributed by atoms with E-state index in [1.807, 2.05) is 13.8 Å². The number of carboxylic acid groups (broad SMARTS) is 1. The topological polar surface area (TPSA) is 74.7 Å². The van der Waals surface area contributed by atoms with Crippen molar-refractivity contribution in [3.05, 3.63) is 21.9 Å². The number of hydrogen-bond acceptors (Lipinski definition) is 4. The van der Waals surface area contributed by atoms with Crippen molar-refractivity contribution in [2.75, 3.05) is 0 Å². The van der Waals surface area contributed by atoms with E-state index in [2.05, 4.69) is 0 Å². The predicted molar refractivity (Wildman–Crippen MR) is 69.9 cm³/mol. The predicted octanol–water partition coefficient (Wildman–Crippen LogP) is 2.12. The van der Waals surface area contributed by atoms with Gasteiger partial charge in [-0.3, -0.25) is 14.5 Å². The zero-order chi connectivity index (χ0) is 14.2. The van der Waals surface area contributed by atoms with Crippen LogP contribution in [0.15, 0.2) is 11.4 Å². The van der Waals surface area contributed by atoms with Crippen molar-refractivity contribution in [1.82, 2.24) is 4.90 Å². The number of likely N-dealkylation sites (tertiary alicyclic amines) is 1. The van der Waals surface area contributed by atoms with Crippen LogP contribution >= 0.6 is 11.3 Å². The van der Waals surface area contributed by atoms with Crippen molar-refractivity contribution in [3.63, 3.8) is 0 Å². The number of thiophene rings is 1. The lowest BCUT2D eigenvalue weighted by Crippen LogP contribution is -2.45. The van der Waals surface area contributed by atoms with Gasteiger partial charge in [-0.05, 0) is 22.4 Å². The molecule has 0 bridgehead atoms. The molecule has 2 rings (SSSR count). The van der Waals surface area contributed by atoms with Gasteiger partial charge in [0.25, 0.3) is 0 Å². The molecule has 1 N–H and O–H groups in total. The Labute approximate surface area is 114 Å². The van der Waals surface area contributed by atoms with Gasteiger partial charge in [0.05, 0.1) is 6.54 Å². The minimum atomic E-state index is -1.03. The molecular formula is C13H15NO4S. The van der Waals surface area contributed by atoms with Gasteiger partial charge in [0.15, 0.2) is 0 Å². The van der Waals surface area contributed by atoms with E-state index in [9.17, 15) is 14.4 Å². The van der Waals surface area contributed by atoms with Crippen molar-refractivity contribution in [2.24, 2.45) is 5.41 Å². The summed E-state index contributed by atoms with van der Waals surface area (Å²) >= 11 is 1.10. The number of nitrogens with zero attached hydrogens (tertiary/aromatic N) is 1. The summed E-state index contributed by atoms with van der Waals surface area (Å²) in [7, 11) is 0. The van der Waals surface area contributed by atoms with Crippen LogP contribution in [0.2, 0.25) is 0 Å². The van der Waals surface area contributed by atoms with Gasteiger partial charge >= 0.3 is 5.97 Å². The number of imide groups is 1. The zero-order valence-electron chi connectivity index (χ0n) is 10.8. The Balaban J connectivity index is 2.19. The SMILES string of the molecule is CC1(C)CC(=O)N(Cc2ccsc2C(=O)O)C(=O)C1. The van der Waals surface area contributed by atoms with E-state index in [0.717, 1.165) is 11.3 Å². The van der Waals surface area contributed by atoms with Crippen LogP contribution in [0.25, 0.3) is 0 Å². The molecule has 0 aromatic carbocycles. The number of amides is 2. The van der Waals surface area contributed by atoms with Gasteiger partial charge in [0.1, 0.15) is 4.88 Å². The summed E-state index contributed by atoms with van der Waals surface area (Å²) in [6, 6.07) is 1.65. The summed E-state index contributed by atoms with van der Waals surface area (Å²) in [6.45, 7) is 3.82. The summed E-state index contributed by atoms with van der Waals surface area (Å²) in [5.74, 6) is -1.49. The Morgan fingerprint density at radius 3 is 2.47 bits per heavy atom. The van der Waals surface area contributed by atoms with Gasteiger partial charge < -0.3 is 5.11 Å². The maximum Gasteiger partial charge on any atom is 0.346 e. The lowest BCUT2D eigenvalue weighted by molar-refractivity contribution is -0.153. The highest BCUT2D eigenvalue weighted by molar-refractivity contribution is 7.12. The highest BCUT2D eigenvalue weighted by Gasteiger charge is 2.37. The summed E-state index contributed by atoms with van der Waals surface area (Å²) in [4.78, 5) is 36.3. The van der Waals surface area contributed by atoms with Crippen LogP contribution in [-0.4, -0.2) is 27.8 Å². The first-order chi connectivity index (χ1) is 8.80. The van der Waals surface area contributed by atoms with E-state index < -0.39 is 5.97 Å². The molecule has 2 heterocycles. The average Bonchev–Trinajstić information content (AvgIpc) is 2.70. The lowest BCUT2D eigenvalue weighted by Gasteiger charge is -2.34. The fourth-order valence-electron chi connectivity index (χ4n) is 2.21. The normalized spacial score (nSPS) is 18.7. The number of aromatic carboxylic acids is 1. The quantitative estimate of drug-likeness (QED) is 0.861. The van der Waals surface area contributed by atoms with Crippen molar-refractivity contribution in [1.29, 1.82) is 0 Å². The highest BCUT2D eigenvalue weighted by Crippen LogP contribution is 2.32. The monoisotopic (exact) mass is 281 g/mol. The van der Waals surface area contributed by atoms with Crippen molar-refractivity contribution in [2.45, 2.75) is 33.2 Å². The first kappa shape index (κ1) is 13.7. The number of carbonyl (C=O) groups is 3. The summed E-state index contributed by atoms with van der Waals surface area (Å²) in [5.41, 5.74) is 0.202. The molecule has 2 amide bonds.